The number of ether oxygens (including phenoxy) is 1. The molecule has 111 valence electrons. The molecule has 1 saturated heterocycles. The van der Waals surface area contributed by atoms with Crippen molar-refractivity contribution in [2.24, 2.45) is 5.41 Å². The quantitative estimate of drug-likeness (QED) is 0.636. The monoisotopic (exact) mass is 276 g/mol. The number of carbonyl (C=O) groups is 1. The molecule has 1 aliphatic heterocycles. The molecule has 0 spiro atoms. The number of amides is 1. The van der Waals surface area contributed by atoms with Crippen molar-refractivity contribution in [2.45, 2.75) is 52.6 Å². The molecule has 1 heterocycles. The first kappa shape index (κ1) is 19.6. The Hall–Kier alpha value is -0.433. The molecule has 0 aromatic heterocycles. The molecule has 0 aromatic rings. The van der Waals surface area contributed by atoms with Crippen LogP contribution in [0.4, 0.5) is 4.79 Å². The van der Waals surface area contributed by atoms with E-state index in [0.717, 1.165) is 24.8 Å². The Morgan fingerprint density at radius 1 is 1.35 bits per heavy atom. The van der Waals surface area contributed by atoms with Gasteiger partial charge >= 0.3 is 6.09 Å². The summed E-state index contributed by atoms with van der Waals surface area (Å²) in [6.07, 6.45) is 2.17. The average Bonchev–Trinajstić information content (AvgIpc) is 2.26. The second kappa shape index (κ2) is 7.54. The third-order valence-electron chi connectivity index (χ3n) is 3.49. The number of allylic oxidation sites excluding steroid dienone is 1. The summed E-state index contributed by atoms with van der Waals surface area (Å²) in [5.74, 6) is 0. The van der Waals surface area contributed by atoms with Gasteiger partial charge in [-0.25, -0.2) is 4.79 Å². The maximum Gasteiger partial charge on any atom is 0.410 e. The summed E-state index contributed by atoms with van der Waals surface area (Å²) >= 11 is 0. The van der Waals surface area contributed by atoms with Gasteiger partial charge in [0.15, 0.2) is 0 Å². The minimum absolute atomic E-state index is 0. The van der Waals surface area contributed by atoms with Crippen LogP contribution in [0.1, 0.15) is 47.0 Å². The minimum Gasteiger partial charge on any atom is -0.444 e. The first-order valence-corrected chi connectivity index (χ1v) is 6.91. The van der Waals surface area contributed by atoms with Gasteiger partial charge in [0.25, 0.3) is 0 Å². The van der Waals surface area contributed by atoms with Gasteiger partial charge in [-0.05, 0) is 47.0 Å². The van der Waals surface area contributed by atoms with Gasteiger partial charge in [0.2, 0.25) is 0 Å². The number of rotatable bonds is 3. The summed E-state index contributed by atoms with van der Waals surface area (Å²) in [4.78, 5) is 13.7. The van der Waals surface area contributed by atoms with Crippen LogP contribution >= 0.6 is 0 Å². The molecular formula is C15H27LiNO3. The molecule has 20 heavy (non-hydrogen) atoms. The molecule has 5 heteroatoms. The van der Waals surface area contributed by atoms with E-state index in [1.807, 2.05) is 27.7 Å². The molecule has 1 rings (SSSR count). The van der Waals surface area contributed by atoms with E-state index in [-0.39, 0.29) is 37.0 Å². The van der Waals surface area contributed by atoms with Gasteiger partial charge in [0.1, 0.15) is 5.60 Å². The number of aliphatic hydroxyl groups is 1. The Labute approximate surface area is 134 Å². The van der Waals surface area contributed by atoms with Crippen molar-refractivity contribution < 1.29 is 14.6 Å². The fraction of sp³-hybridized carbons (Fsp3) is 0.800. The number of hydrogen-bond acceptors (Lipinski definition) is 3. The van der Waals surface area contributed by atoms with Crippen molar-refractivity contribution in [2.75, 3.05) is 19.7 Å². The molecule has 0 bridgehead atoms. The third kappa shape index (κ3) is 5.91. The van der Waals surface area contributed by atoms with Crippen LogP contribution in [-0.4, -0.2) is 60.3 Å². The number of hydrogen-bond donors (Lipinski definition) is 1. The molecule has 0 atom stereocenters. The molecule has 0 aromatic carbocycles. The van der Waals surface area contributed by atoms with E-state index >= 15 is 0 Å². The minimum atomic E-state index is -0.458. The Bertz CT molecular complexity index is 342. The van der Waals surface area contributed by atoms with E-state index in [2.05, 4.69) is 6.58 Å². The smallest absolute Gasteiger partial charge is 0.410 e. The molecule has 0 aliphatic carbocycles. The predicted octanol–water partition coefficient (Wildman–Crippen LogP) is 2.58. The van der Waals surface area contributed by atoms with Crippen molar-refractivity contribution in [3.8, 4) is 0 Å². The largest absolute Gasteiger partial charge is 0.444 e. The molecule has 0 saturated carbocycles. The maximum absolute atomic E-state index is 12.0. The normalized spacial score (nSPS) is 18.1. The van der Waals surface area contributed by atoms with Crippen LogP contribution in [-0.2, 0) is 4.74 Å². The molecule has 1 aliphatic rings. The van der Waals surface area contributed by atoms with Gasteiger partial charge in [-0.15, -0.1) is 6.58 Å². The van der Waals surface area contributed by atoms with Crippen LogP contribution in [0.25, 0.3) is 0 Å². The summed E-state index contributed by atoms with van der Waals surface area (Å²) in [7, 11) is 0. The standard InChI is InChI=1S/C15H27NO3.Li/c1-12(2)10-15(11-17)6-8-16(9-7-15)13(18)19-14(3,4)5;/h17H,1,6-11H2,2-5H3;. The Morgan fingerprint density at radius 3 is 2.20 bits per heavy atom. The Morgan fingerprint density at radius 2 is 1.85 bits per heavy atom. The first-order valence-electron chi connectivity index (χ1n) is 6.91. The van der Waals surface area contributed by atoms with Crippen LogP contribution in [0.5, 0.6) is 0 Å². The topological polar surface area (TPSA) is 49.8 Å². The van der Waals surface area contributed by atoms with Crippen molar-refractivity contribution in [1.29, 1.82) is 0 Å². The number of aliphatic hydroxyl groups excluding tert-OH is 1. The van der Waals surface area contributed by atoms with Gasteiger partial charge in [0, 0.05) is 44.0 Å². The van der Waals surface area contributed by atoms with E-state index in [1.54, 1.807) is 4.90 Å². The van der Waals surface area contributed by atoms with Crippen molar-refractivity contribution in [3.63, 3.8) is 0 Å². The zero-order valence-electron chi connectivity index (χ0n) is 13.7. The molecular weight excluding hydrogens is 249 g/mol. The van der Waals surface area contributed by atoms with Gasteiger partial charge in [-0.1, -0.05) is 5.57 Å². The molecule has 1 radical (unpaired) electrons. The van der Waals surface area contributed by atoms with Gasteiger partial charge < -0.3 is 14.7 Å². The fourth-order valence-electron chi connectivity index (χ4n) is 2.52. The van der Waals surface area contributed by atoms with Gasteiger partial charge in [0.05, 0.1) is 0 Å². The van der Waals surface area contributed by atoms with Gasteiger partial charge in [-0.2, -0.15) is 0 Å². The van der Waals surface area contributed by atoms with E-state index in [0.29, 0.717) is 13.1 Å². The van der Waals surface area contributed by atoms with Crippen LogP contribution in [0.2, 0.25) is 0 Å². The van der Waals surface area contributed by atoms with Crippen LogP contribution in [0, 0.1) is 5.41 Å². The predicted molar refractivity (Wildman–Crippen MR) is 81.7 cm³/mol. The number of nitrogens with zero attached hydrogens (tertiary/aromatic N) is 1. The summed E-state index contributed by atoms with van der Waals surface area (Å²) in [5, 5.41) is 9.63. The van der Waals surface area contributed by atoms with Crippen molar-refractivity contribution in [1.82, 2.24) is 4.90 Å². The number of piperidine rings is 1. The van der Waals surface area contributed by atoms with Crippen molar-refractivity contribution in [3.05, 3.63) is 12.2 Å². The average molecular weight is 276 g/mol. The van der Waals surface area contributed by atoms with Crippen molar-refractivity contribution >= 4 is 25.0 Å². The Kier molecular flexibility index (Phi) is 7.38. The summed E-state index contributed by atoms with van der Waals surface area (Å²) < 4.78 is 5.37. The second-order valence-corrected chi connectivity index (χ2v) is 6.76. The van der Waals surface area contributed by atoms with Crippen LogP contribution in [0.15, 0.2) is 12.2 Å². The SMILES string of the molecule is C=C(C)CC1(CO)CCN(C(=O)OC(C)(C)C)CC1.[Li]. The Balaban J connectivity index is 0.00000361. The zero-order valence-corrected chi connectivity index (χ0v) is 13.7. The third-order valence-corrected chi connectivity index (χ3v) is 3.49. The summed E-state index contributed by atoms with van der Waals surface area (Å²) in [6, 6.07) is 0. The van der Waals surface area contributed by atoms with Crippen LogP contribution in [0.3, 0.4) is 0 Å². The fourth-order valence-corrected chi connectivity index (χ4v) is 2.52. The summed E-state index contributed by atoms with van der Waals surface area (Å²) in [6.45, 7) is 13.0. The van der Waals surface area contributed by atoms with E-state index in [9.17, 15) is 9.90 Å². The second-order valence-electron chi connectivity index (χ2n) is 6.76. The molecule has 1 fully saturated rings. The number of likely N-dealkylation sites (tertiary alicyclic amines) is 1. The molecule has 1 N–H and O–H groups in total. The summed E-state index contributed by atoms with van der Waals surface area (Å²) in [5.41, 5.74) is 0.518. The molecule has 1 amide bonds. The molecule has 0 unspecified atom stereocenters. The van der Waals surface area contributed by atoms with Crippen LogP contribution < -0.4 is 0 Å². The van der Waals surface area contributed by atoms with Gasteiger partial charge in [-0.3, -0.25) is 0 Å². The first-order chi connectivity index (χ1) is 8.67. The van der Waals surface area contributed by atoms with E-state index in [4.69, 9.17) is 4.74 Å². The number of carbonyl (C=O) groups excluding carboxylic acids is 1. The van der Waals surface area contributed by atoms with E-state index in [1.165, 1.54) is 0 Å². The molecule has 4 nitrogen and oxygen atoms in total. The maximum atomic E-state index is 12.0. The zero-order chi connectivity index (χ0) is 14.7. The van der Waals surface area contributed by atoms with E-state index < -0.39 is 5.60 Å².